The van der Waals surface area contributed by atoms with Gasteiger partial charge in [-0.1, -0.05) is 27.7 Å². The molecule has 0 aromatic carbocycles. The van der Waals surface area contributed by atoms with Gasteiger partial charge in [-0.3, -0.25) is 9.59 Å². The highest BCUT2D eigenvalue weighted by molar-refractivity contribution is 5.96. The number of ether oxygens (including phenoxy) is 1. The largest absolute Gasteiger partial charge is 0.375 e. The molecule has 6 nitrogen and oxygen atoms in total. The van der Waals surface area contributed by atoms with E-state index < -0.39 is 0 Å². The molecule has 0 aliphatic carbocycles. The summed E-state index contributed by atoms with van der Waals surface area (Å²) in [4.78, 5) is 32.3. The molecule has 1 aromatic rings. The van der Waals surface area contributed by atoms with Crippen molar-refractivity contribution in [2.75, 3.05) is 11.9 Å². The van der Waals surface area contributed by atoms with Crippen molar-refractivity contribution in [1.82, 2.24) is 9.97 Å². The number of nitrogens with one attached hydrogen (secondary N) is 1. The molecule has 0 unspecified atom stereocenters. The number of anilines is 1. The van der Waals surface area contributed by atoms with Crippen LogP contribution in [0.15, 0.2) is 12.4 Å². The Bertz CT molecular complexity index is 649. The molecule has 0 atom stereocenters. The second kappa shape index (κ2) is 10.1. The summed E-state index contributed by atoms with van der Waals surface area (Å²) in [6.45, 7) is 16.3. The zero-order valence-corrected chi connectivity index (χ0v) is 18.8. The number of hydrogen-bond donors (Lipinski definition) is 1. The van der Waals surface area contributed by atoms with Gasteiger partial charge in [0.25, 0.3) is 0 Å². The van der Waals surface area contributed by atoms with Crippen LogP contribution in [0.2, 0.25) is 0 Å². The average Bonchev–Trinajstić information content (AvgIpc) is 2.58. The first kappa shape index (κ1) is 24.2. The Hall–Kier alpha value is -1.82. The van der Waals surface area contributed by atoms with Crippen molar-refractivity contribution in [3.63, 3.8) is 0 Å². The Labute approximate surface area is 169 Å². The van der Waals surface area contributed by atoms with E-state index in [0.29, 0.717) is 31.0 Å². The molecule has 158 valence electrons. The summed E-state index contributed by atoms with van der Waals surface area (Å²) in [6, 6.07) is 0. The maximum absolute atomic E-state index is 12.0. The number of Topliss-reactive ketones (excluding diaryl/α,β-unsaturated/α-hetero) is 2. The summed E-state index contributed by atoms with van der Waals surface area (Å²) >= 11 is 0. The average molecular weight is 392 g/mol. The summed E-state index contributed by atoms with van der Waals surface area (Å²) in [6.07, 6.45) is 5.15. The molecule has 1 aromatic heterocycles. The highest BCUT2D eigenvalue weighted by Crippen LogP contribution is 2.21. The molecular weight excluding hydrogens is 354 g/mol. The van der Waals surface area contributed by atoms with Crippen LogP contribution in [0.25, 0.3) is 0 Å². The number of aromatic nitrogens is 2. The fraction of sp³-hybridized carbons (Fsp3) is 0.727. The summed E-state index contributed by atoms with van der Waals surface area (Å²) in [5, 5.41) is 3.30. The van der Waals surface area contributed by atoms with Crippen molar-refractivity contribution in [1.29, 1.82) is 0 Å². The molecular formula is C22H37N3O3. The van der Waals surface area contributed by atoms with E-state index in [1.807, 2.05) is 41.5 Å². The van der Waals surface area contributed by atoms with E-state index in [0.717, 1.165) is 6.42 Å². The molecule has 28 heavy (non-hydrogen) atoms. The van der Waals surface area contributed by atoms with Crippen LogP contribution in [0.3, 0.4) is 0 Å². The fourth-order valence-electron chi connectivity index (χ4n) is 2.59. The van der Waals surface area contributed by atoms with Crippen molar-refractivity contribution in [3.05, 3.63) is 18.0 Å². The molecule has 0 saturated heterocycles. The topological polar surface area (TPSA) is 81.2 Å². The third-order valence-corrected chi connectivity index (χ3v) is 4.75. The van der Waals surface area contributed by atoms with Crippen molar-refractivity contribution in [2.24, 2.45) is 11.8 Å². The minimum absolute atomic E-state index is 0.0392. The zero-order chi connectivity index (χ0) is 21.5. The van der Waals surface area contributed by atoms with Crippen molar-refractivity contribution < 1.29 is 14.3 Å². The molecule has 1 rings (SSSR count). The number of hydrogen-bond acceptors (Lipinski definition) is 6. The summed E-state index contributed by atoms with van der Waals surface area (Å²) in [5.74, 6) is 0.802. The Balaban J connectivity index is 2.51. The predicted molar refractivity (Wildman–Crippen MR) is 113 cm³/mol. The molecule has 0 bridgehead atoms. The molecule has 1 N–H and O–H groups in total. The maximum atomic E-state index is 12.0. The Kier molecular flexibility index (Phi) is 8.74. The number of ketones is 2. The first-order chi connectivity index (χ1) is 12.8. The van der Waals surface area contributed by atoms with Crippen LogP contribution in [0, 0.1) is 11.8 Å². The van der Waals surface area contributed by atoms with Crippen LogP contribution < -0.4 is 5.32 Å². The van der Waals surface area contributed by atoms with Crippen LogP contribution in [-0.2, 0) is 9.53 Å². The van der Waals surface area contributed by atoms with Gasteiger partial charge in [-0.25, -0.2) is 9.97 Å². The van der Waals surface area contributed by atoms with Gasteiger partial charge in [0.2, 0.25) is 5.95 Å². The van der Waals surface area contributed by atoms with Crippen LogP contribution >= 0.6 is 0 Å². The number of rotatable bonds is 12. The number of nitrogens with zero attached hydrogens (tertiary/aromatic N) is 2. The third kappa shape index (κ3) is 8.46. The molecule has 1 heterocycles. The molecule has 0 aliphatic rings. The van der Waals surface area contributed by atoms with E-state index in [2.05, 4.69) is 29.1 Å². The Morgan fingerprint density at radius 2 is 1.57 bits per heavy atom. The third-order valence-electron chi connectivity index (χ3n) is 4.75. The van der Waals surface area contributed by atoms with Gasteiger partial charge < -0.3 is 10.1 Å². The lowest BCUT2D eigenvalue weighted by Gasteiger charge is -2.30. The summed E-state index contributed by atoms with van der Waals surface area (Å²) < 4.78 is 6.03. The van der Waals surface area contributed by atoms with Crippen LogP contribution in [0.4, 0.5) is 5.95 Å². The van der Waals surface area contributed by atoms with Crippen molar-refractivity contribution in [2.45, 2.75) is 85.8 Å². The van der Waals surface area contributed by atoms with Gasteiger partial charge in [0.1, 0.15) is 5.78 Å². The van der Waals surface area contributed by atoms with Gasteiger partial charge >= 0.3 is 0 Å². The minimum Gasteiger partial charge on any atom is -0.375 e. The number of carbonyl (C=O) groups is 2. The summed E-state index contributed by atoms with van der Waals surface area (Å²) in [7, 11) is 0. The van der Waals surface area contributed by atoms with Gasteiger partial charge in [0.05, 0.1) is 11.2 Å². The lowest BCUT2D eigenvalue weighted by atomic mass is 9.96. The molecule has 0 aliphatic heterocycles. The smallest absolute Gasteiger partial charge is 0.223 e. The fourth-order valence-corrected chi connectivity index (χ4v) is 2.59. The van der Waals surface area contributed by atoms with E-state index in [1.54, 1.807) is 12.4 Å². The Morgan fingerprint density at radius 1 is 1.00 bits per heavy atom. The Morgan fingerprint density at radius 3 is 2.07 bits per heavy atom. The number of carbonyl (C=O) groups excluding carboxylic acids is 2. The van der Waals surface area contributed by atoms with E-state index >= 15 is 0 Å². The highest BCUT2D eigenvalue weighted by Gasteiger charge is 2.24. The highest BCUT2D eigenvalue weighted by atomic mass is 16.5. The quantitative estimate of drug-likeness (QED) is 0.520. The first-order valence-electron chi connectivity index (χ1n) is 10.1. The van der Waals surface area contributed by atoms with Crippen LogP contribution in [-0.4, -0.2) is 39.3 Å². The molecule has 6 heteroatoms. The molecule has 0 fully saturated rings. The van der Waals surface area contributed by atoms with E-state index in [1.165, 1.54) is 0 Å². The van der Waals surface area contributed by atoms with Crippen molar-refractivity contribution in [3.8, 4) is 0 Å². The molecule has 0 saturated carbocycles. The van der Waals surface area contributed by atoms with Gasteiger partial charge in [0, 0.05) is 42.8 Å². The van der Waals surface area contributed by atoms with E-state index in [4.69, 9.17) is 4.74 Å². The second-order valence-electron chi connectivity index (χ2n) is 9.30. The maximum Gasteiger partial charge on any atom is 0.223 e. The predicted octanol–water partition coefficient (Wildman–Crippen LogP) is 4.70. The second-order valence-corrected chi connectivity index (χ2v) is 9.30. The molecule has 0 radical (unpaired) electrons. The minimum atomic E-state index is -0.337. The van der Waals surface area contributed by atoms with Gasteiger partial charge in [-0.2, -0.15) is 0 Å². The van der Waals surface area contributed by atoms with Crippen LogP contribution in [0.1, 0.15) is 85.0 Å². The van der Waals surface area contributed by atoms with Crippen molar-refractivity contribution >= 4 is 17.5 Å². The van der Waals surface area contributed by atoms with E-state index in [9.17, 15) is 9.59 Å². The SMILES string of the molecule is CC(C)C(=O)CCC(C)(C)OCCC(C)(C)Nc1ncc(C(=O)C(C)C)cn1. The zero-order valence-electron chi connectivity index (χ0n) is 18.8. The molecule has 0 amide bonds. The normalized spacial score (nSPS) is 12.5. The lowest BCUT2D eigenvalue weighted by Crippen LogP contribution is -2.35. The lowest BCUT2D eigenvalue weighted by molar-refractivity contribution is -0.123. The molecule has 0 spiro atoms. The van der Waals surface area contributed by atoms with Gasteiger partial charge in [0.15, 0.2) is 5.78 Å². The standard InChI is InChI=1S/C22H37N3O3/c1-15(2)18(26)9-10-22(7,8)28-12-11-21(5,6)25-20-23-13-17(14-24-20)19(27)16(3)4/h13-16H,9-12H2,1-8H3,(H,23,24,25). The monoisotopic (exact) mass is 391 g/mol. The summed E-state index contributed by atoms with van der Waals surface area (Å²) in [5.41, 5.74) is -0.0805. The van der Waals surface area contributed by atoms with Crippen LogP contribution in [0.5, 0.6) is 0 Å². The van der Waals surface area contributed by atoms with Gasteiger partial charge in [-0.15, -0.1) is 0 Å². The van der Waals surface area contributed by atoms with Gasteiger partial charge in [-0.05, 0) is 40.5 Å². The van der Waals surface area contributed by atoms with E-state index in [-0.39, 0.29) is 34.5 Å². The first-order valence-corrected chi connectivity index (χ1v) is 10.1.